The number of benzene rings is 3. The van der Waals surface area contributed by atoms with Gasteiger partial charge in [0, 0.05) is 6.54 Å². The van der Waals surface area contributed by atoms with Gasteiger partial charge in [0.05, 0.1) is 35.9 Å². The van der Waals surface area contributed by atoms with Crippen molar-refractivity contribution >= 4 is 16.9 Å². The normalized spacial score (nSPS) is 16.4. The van der Waals surface area contributed by atoms with E-state index >= 15 is 0 Å². The number of hydrogen-bond donors (Lipinski definition) is 2. The molecular weight excluding hydrogens is 446 g/mol. The van der Waals surface area contributed by atoms with Crippen LogP contribution in [0.3, 0.4) is 0 Å². The molecule has 1 fully saturated rings. The van der Waals surface area contributed by atoms with Gasteiger partial charge in [0.15, 0.2) is 0 Å². The van der Waals surface area contributed by atoms with Gasteiger partial charge in [-0.15, -0.1) is 0 Å². The van der Waals surface area contributed by atoms with E-state index in [1.807, 2.05) is 54.9 Å². The van der Waals surface area contributed by atoms with Crippen LogP contribution in [0.2, 0.25) is 0 Å². The number of para-hydroxylation sites is 2. The van der Waals surface area contributed by atoms with Gasteiger partial charge in [0.25, 0.3) is 0 Å². The molecule has 5 rings (SSSR count). The number of nitrogens with one attached hydrogen (secondary N) is 1. The first-order valence-corrected chi connectivity index (χ1v) is 13.2. The number of amides is 1. The molecule has 1 heterocycles. The van der Waals surface area contributed by atoms with E-state index in [0.717, 1.165) is 41.5 Å². The smallest absolute Gasteiger partial charge is 0.228 e. The monoisotopic (exact) mass is 481 g/mol. The van der Waals surface area contributed by atoms with Crippen LogP contribution in [0.5, 0.6) is 0 Å². The number of rotatable bonds is 8. The van der Waals surface area contributed by atoms with E-state index in [1.54, 1.807) is 0 Å². The average molecular weight is 482 g/mol. The minimum Gasteiger partial charge on any atom is -0.394 e. The highest BCUT2D eigenvalue weighted by atomic mass is 16.3. The first-order valence-electron chi connectivity index (χ1n) is 13.2. The maximum Gasteiger partial charge on any atom is 0.228 e. The molecular formula is C31H35N3O2. The van der Waals surface area contributed by atoms with Gasteiger partial charge in [0.2, 0.25) is 5.91 Å². The van der Waals surface area contributed by atoms with Crippen LogP contribution in [0.25, 0.3) is 11.0 Å². The summed E-state index contributed by atoms with van der Waals surface area (Å²) in [4.78, 5) is 18.3. The third kappa shape index (κ3) is 5.52. The van der Waals surface area contributed by atoms with Crippen LogP contribution in [0.1, 0.15) is 67.2 Å². The number of hydrogen-bond acceptors (Lipinski definition) is 3. The fraction of sp³-hybridized carbons (Fsp3) is 0.355. The summed E-state index contributed by atoms with van der Waals surface area (Å²) >= 11 is 0. The molecule has 1 aliphatic carbocycles. The number of aliphatic hydroxyl groups is 1. The van der Waals surface area contributed by atoms with Crippen LogP contribution in [0, 0.1) is 5.92 Å². The minimum atomic E-state index is -0.402. The number of carbonyl (C=O) groups is 1. The maximum atomic E-state index is 13.8. The molecule has 2 N–H and O–H groups in total. The van der Waals surface area contributed by atoms with Gasteiger partial charge < -0.3 is 15.0 Å². The molecule has 1 aliphatic rings. The average Bonchev–Trinajstić information content (AvgIpc) is 3.13. The summed E-state index contributed by atoms with van der Waals surface area (Å²) < 4.78 is 2.16. The molecule has 4 aromatic rings. The quantitative estimate of drug-likeness (QED) is 0.304. The molecule has 0 aliphatic heterocycles. The van der Waals surface area contributed by atoms with Crippen molar-refractivity contribution in [3.8, 4) is 0 Å². The maximum absolute atomic E-state index is 13.8. The van der Waals surface area contributed by atoms with Crippen molar-refractivity contribution in [3.05, 3.63) is 102 Å². The van der Waals surface area contributed by atoms with Crippen molar-refractivity contribution < 1.29 is 9.90 Å². The highest BCUT2D eigenvalue weighted by molar-refractivity contribution is 5.84. The Morgan fingerprint density at radius 1 is 0.889 bits per heavy atom. The van der Waals surface area contributed by atoms with Gasteiger partial charge in [-0.1, -0.05) is 92.4 Å². The second kappa shape index (κ2) is 11.5. The van der Waals surface area contributed by atoms with E-state index in [0.29, 0.717) is 5.92 Å². The Labute approximate surface area is 213 Å². The molecule has 1 unspecified atom stereocenters. The van der Waals surface area contributed by atoms with Gasteiger partial charge in [-0.2, -0.15) is 0 Å². The molecule has 0 spiro atoms. The largest absolute Gasteiger partial charge is 0.394 e. The molecule has 1 aromatic heterocycles. The molecule has 0 radical (unpaired) electrons. The zero-order valence-electron chi connectivity index (χ0n) is 20.7. The molecule has 186 valence electrons. The Bertz CT molecular complexity index is 1260. The summed E-state index contributed by atoms with van der Waals surface area (Å²) in [6.45, 7) is 0.618. The van der Waals surface area contributed by atoms with Crippen molar-refractivity contribution in [2.75, 3.05) is 6.61 Å². The van der Waals surface area contributed by atoms with E-state index in [-0.39, 0.29) is 18.4 Å². The van der Waals surface area contributed by atoms with Crippen molar-refractivity contribution in [1.82, 2.24) is 14.9 Å². The number of aromatic nitrogens is 2. The molecule has 1 amide bonds. The van der Waals surface area contributed by atoms with E-state index in [1.165, 1.54) is 31.2 Å². The third-order valence-corrected chi connectivity index (χ3v) is 7.57. The summed E-state index contributed by atoms with van der Waals surface area (Å²) in [5, 5.41) is 13.2. The lowest BCUT2D eigenvalue weighted by atomic mass is 9.80. The fourth-order valence-electron chi connectivity index (χ4n) is 5.63. The first-order chi connectivity index (χ1) is 17.7. The molecule has 5 nitrogen and oxygen atoms in total. The van der Waals surface area contributed by atoms with Crippen LogP contribution in [-0.2, 0) is 11.3 Å². The van der Waals surface area contributed by atoms with Gasteiger partial charge in [0.1, 0.15) is 0 Å². The van der Waals surface area contributed by atoms with Crippen molar-refractivity contribution in [2.45, 2.75) is 57.0 Å². The Hall–Kier alpha value is -3.44. The van der Waals surface area contributed by atoms with E-state index < -0.39 is 6.04 Å². The Kier molecular flexibility index (Phi) is 7.77. The molecule has 5 heteroatoms. The SMILES string of the molecule is O=C(N[C@@H](CO)c1ccccc1)C(c1ccc(Cn2cnc3ccccc32)cc1)C1CCCCCC1. The predicted molar refractivity (Wildman–Crippen MR) is 144 cm³/mol. The zero-order valence-corrected chi connectivity index (χ0v) is 20.7. The van der Waals surface area contributed by atoms with Crippen molar-refractivity contribution in [1.29, 1.82) is 0 Å². The summed E-state index contributed by atoms with van der Waals surface area (Å²) in [6.07, 6.45) is 8.84. The highest BCUT2D eigenvalue weighted by Crippen LogP contribution is 2.36. The Morgan fingerprint density at radius 3 is 2.31 bits per heavy atom. The summed E-state index contributed by atoms with van der Waals surface area (Å²) in [6, 6.07) is 26.0. The molecule has 0 saturated heterocycles. The molecule has 2 atom stereocenters. The summed E-state index contributed by atoms with van der Waals surface area (Å²) in [5.74, 6) is 0.105. The van der Waals surface area contributed by atoms with Crippen LogP contribution in [-0.4, -0.2) is 27.2 Å². The number of aliphatic hydroxyl groups excluding tert-OH is 1. The summed E-state index contributed by atoms with van der Waals surface area (Å²) in [7, 11) is 0. The van der Waals surface area contributed by atoms with Crippen molar-refractivity contribution in [2.24, 2.45) is 5.92 Å². The van der Waals surface area contributed by atoms with E-state index in [4.69, 9.17) is 0 Å². The lowest BCUT2D eigenvalue weighted by Crippen LogP contribution is -2.37. The van der Waals surface area contributed by atoms with E-state index in [9.17, 15) is 9.90 Å². The number of imidazole rings is 1. The zero-order chi connectivity index (χ0) is 24.7. The number of fused-ring (bicyclic) bond motifs is 1. The summed E-state index contributed by atoms with van der Waals surface area (Å²) in [5.41, 5.74) is 5.28. The van der Waals surface area contributed by atoms with Gasteiger partial charge in [-0.05, 0) is 47.6 Å². The lowest BCUT2D eigenvalue weighted by Gasteiger charge is -2.28. The van der Waals surface area contributed by atoms with E-state index in [2.05, 4.69) is 45.2 Å². The Balaban J connectivity index is 1.38. The second-order valence-electron chi connectivity index (χ2n) is 9.99. The lowest BCUT2D eigenvalue weighted by molar-refractivity contribution is -0.125. The van der Waals surface area contributed by atoms with Gasteiger partial charge >= 0.3 is 0 Å². The van der Waals surface area contributed by atoms with Crippen LogP contribution < -0.4 is 5.32 Å². The fourth-order valence-corrected chi connectivity index (χ4v) is 5.63. The van der Waals surface area contributed by atoms with Gasteiger partial charge in [-0.25, -0.2) is 4.98 Å². The second-order valence-corrected chi connectivity index (χ2v) is 9.99. The predicted octanol–water partition coefficient (Wildman–Crippen LogP) is 5.99. The number of nitrogens with zero attached hydrogens (tertiary/aromatic N) is 2. The number of carbonyl (C=O) groups excluding carboxylic acids is 1. The molecule has 0 bridgehead atoms. The minimum absolute atomic E-state index is 0.0122. The van der Waals surface area contributed by atoms with Crippen LogP contribution in [0.4, 0.5) is 0 Å². The molecule has 36 heavy (non-hydrogen) atoms. The third-order valence-electron chi connectivity index (χ3n) is 7.57. The molecule has 3 aromatic carbocycles. The standard InChI is InChI=1S/C31H35N3O2/c35-21-28(24-10-6-3-7-11-24)33-31(36)30(25-12-4-1-2-5-13-25)26-18-16-23(17-19-26)20-34-22-32-27-14-8-9-15-29(27)34/h3,6-11,14-19,22,25,28,30,35H,1-2,4-5,12-13,20-21H2,(H,33,36)/t28-,30?/m0/s1. The highest BCUT2D eigenvalue weighted by Gasteiger charge is 2.31. The van der Waals surface area contributed by atoms with Crippen LogP contribution in [0.15, 0.2) is 85.2 Å². The Morgan fingerprint density at radius 2 is 1.58 bits per heavy atom. The topological polar surface area (TPSA) is 67.2 Å². The first kappa shape index (κ1) is 24.3. The van der Waals surface area contributed by atoms with Crippen molar-refractivity contribution in [3.63, 3.8) is 0 Å². The van der Waals surface area contributed by atoms with Crippen LogP contribution >= 0.6 is 0 Å². The van der Waals surface area contributed by atoms with Gasteiger partial charge in [-0.3, -0.25) is 4.79 Å². The molecule has 1 saturated carbocycles.